The summed E-state index contributed by atoms with van der Waals surface area (Å²) in [6.45, 7) is 0.903. The van der Waals surface area contributed by atoms with E-state index in [2.05, 4.69) is 5.32 Å². The molecule has 0 saturated carbocycles. The third-order valence-electron chi connectivity index (χ3n) is 3.53. The van der Waals surface area contributed by atoms with Gasteiger partial charge < -0.3 is 14.6 Å². The van der Waals surface area contributed by atoms with Crippen molar-refractivity contribution >= 4 is 17.7 Å². The van der Waals surface area contributed by atoms with E-state index in [4.69, 9.17) is 9.47 Å². The van der Waals surface area contributed by atoms with Gasteiger partial charge in [-0.25, -0.2) is 9.59 Å². The lowest BCUT2D eigenvalue weighted by atomic mass is 10.0. The van der Waals surface area contributed by atoms with Crippen molar-refractivity contribution < 1.29 is 24.2 Å². The van der Waals surface area contributed by atoms with E-state index in [0.29, 0.717) is 13.2 Å². The molecule has 1 aliphatic heterocycles. The van der Waals surface area contributed by atoms with Crippen LogP contribution in [0.25, 0.3) is 0 Å². The SMILES string of the molecule is O=C(Nc1cc2c(cc1C(=O)O)COC2)OCc1ccccc1. The van der Waals surface area contributed by atoms with E-state index in [1.54, 1.807) is 6.07 Å². The molecule has 0 spiro atoms. The number of aromatic carboxylic acids is 1. The third kappa shape index (κ3) is 3.49. The molecule has 0 aromatic heterocycles. The van der Waals surface area contributed by atoms with Gasteiger partial charge in [0.2, 0.25) is 0 Å². The maximum Gasteiger partial charge on any atom is 0.411 e. The molecule has 0 aliphatic carbocycles. The molecule has 1 amide bonds. The van der Waals surface area contributed by atoms with Crippen LogP contribution in [0.1, 0.15) is 27.0 Å². The van der Waals surface area contributed by atoms with Crippen molar-refractivity contribution in [2.24, 2.45) is 0 Å². The molecule has 0 saturated heterocycles. The lowest BCUT2D eigenvalue weighted by Gasteiger charge is -2.11. The van der Waals surface area contributed by atoms with Crippen LogP contribution in [0.4, 0.5) is 10.5 Å². The number of benzene rings is 2. The maximum absolute atomic E-state index is 11.9. The molecular weight excluding hydrogens is 298 g/mol. The second-order valence-corrected chi connectivity index (χ2v) is 5.15. The number of hydrogen-bond acceptors (Lipinski definition) is 4. The van der Waals surface area contributed by atoms with Gasteiger partial charge in [-0.05, 0) is 28.8 Å². The van der Waals surface area contributed by atoms with E-state index in [0.717, 1.165) is 16.7 Å². The number of nitrogens with one attached hydrogen (secondary N) is 1. The molecule has 2 aromatic carbocycles. The zero-order valence-corrected chi connectivity index (χ0v) is 12.2. The highest BCUT2D eigenvalue weighted by Crippen LogP contribution is 2.27. The Bertz CT molecular complexity index is 742. The second kappa shape index (κ2) is 6.50. The van der Waals surface area contributed by atoms with Gasteiger partial charge in [-0.3, -0.25) is 5.32 Å². The highest BCUT2D eigenvalue weighted by molar-refractivity contribution is 5.99. The Morgan fingerprint density at radius 2 is 1.83 bits per heavy atom. The molecular formula is C17H15NO5. The molecule has 3 rings (SSSR count). The summed E-state index contributed by atoms with van der Waals surface area (Å²) in [5.74, 6) is -1.11. The summed E-state index contributed by atoms with van der Waals surface area (Å²) >= 11 is 0. The molecule has 6 nitrogen and oxygen atoms in total. The quantitative estimate of drug-likeness (QED) is 0.905. The lowest BCUT2D eigenvalue weighted by Crippen LogP contribution is -2.16. The van der Waals surface area contributed by atoms with Crippen molar-refractivity contribution in [3.8, 4) is 0 Å². The first kappa shape index (κ1) is 15.1. The van der Waals surface area contributed by atoms with Crippen molar-refractivity contribution in [2.75, 3.05) is 5.32 Å². The van der Waals surface area contributed by atoms with Crippen molar-refractivity contribution in [2.45, 2.75) is 19.8 Å². The van der Waals surface area contributed by atoms with Crippen LogP contribution in [-0.4, -0.2) is 17.2 Å². The van der Waals surface area contributed by atoms with E-state index < -0.39 is 12.1 Å². The first-order valence-corrected chi connectivity index (χ1v) is 7.08. The molecule has 0 radical (unpaired) electrons. The molecule has 0 atom stereocenters. The van der Waals surface area contributed by atoms with Crippen LogP contribution in [-0.2, 0) is 29.3 Å². The number of fused-ring (bicyclic) bond motifs is 1. The van der Waals surface area contributed by atoms with E-state index in [-0.39, 0.29) is 17.9 Å². The van der Waals surface area contributed by atoms with Gasteiger partial charge in [-0.2, -0.15) is 0 Å². The largest absolute Gasteiger partial charge is 0.478 e. The van der Waals surface area contributed by atoms with Gasteiger partial charge in [0.15, 0.2) is 0 Å². The number of hydrogen-bond donors (Lipinski definition) is 2. The molecule has 1 heterocycles. The summed E-state index contributed by atoms with van der Waals surface area (Å²) in [6.07, 6.45) is -0.699. The minimum Gasteiger partial charge on any atom is -0.478 e. The highest BCUT2D eigenvalue weighted by Gasteiger charge is 2.20. The zero-order chi connectivity index (χ0) is 16.2. The van der Waals surface area contributed by atoms with Crippen molar-refractivity contribution in [3.05, 3.63) is 64.7 Å². The number of ether oxygens (including phenoxy) is 2. The average Bonchev–Trinajstić information content (AvgIpc) is 3.00. The monoisotopic (exact) mass is 313 g/mol. The van der Waals surface area contributed by atoms with Gasteiger partial charge >= 0.3 is 12.1 Å². The average molecular weight is 313 g/mol. The fraction of sp³-hybridized carbons (Fsp3) is 0.176. The number of amides is 1. The molecule has 0 bridgehead atoms. The summed E-state index contributed by atoms with van der Waals surface area (Å²) < 4.78 is 10.4. The number of carboxylic acid groups (broad SMARTS) is 1. The van der Waals surface area contributed by atoms with Crippen LogP contribution in [0, 0.1) is 0 Å². The van der Waals surface area contributed by atoms with Crippen molar-refractivity contribution in [3.63, 3.8) is 0 Å². The summed E-state index contributed by atoms with van der Waals surface area (Å²) in [7, 11) is 0. The topological polar surface area (TPSA) is 84.9 Å². The van der Waals surface area contributed by atoms with Crippen LogP contribution < -0.4 is 5.32 Å². The fourth-order valence-electron chi connectivity index (χ4n) is 2.38. The lowest BCUT2D eigenvalue weighted by molar-refractivity contribution is 0.0698. The first-order chi connectivity index (χ1) is 11.1. The number of rotatable bonds is 4. The van der Waals surface area contributed by atoms with E-state index in [1.807, 2.05) is 30.3 Å². The van der Waals surface area contributed by atoms with Gasteiger partial charge in [0.05, 0.1) is 24.5 Å². The van der Waals surface area contributed by atoms with E-state index in [1.165, 1.54) is 6.07 Å². The summed E-state index contributed by atoms with van der Waals surface area (Å²) in [6, 6.07) is 12.4. The van der Waals surface area contributed by atoms with Gasteiger partial charge in [0.1, 0.15) is 6.61 Å². The van der Waals surface area contributed by atoms with Crippen LogP contribution in [0.15, 0.2) is 42.5 Å². The van der Waals surface area contributed by atoms with Gasteiger partial charge in [-0.1, -0.05) is 30.3 Å². The Morgan fingerprint density at radius 1 is 1.13 bits per heavy atom. The number of anilines is 1. The summed E-state index contributed by atoms with van der Waals surface area (Å²) in [4.78, 5) is 23.3. The standard InChI is InChI=1S/C17H15NO5/c19-16(20)14-6-12-9-22-10-13(12)7-15(14)18-17(21)23-8-11-4-2-1-3-5-11/h1-7H,8-10H2,(H,18,21)(H,19,20). The van der Waals surface area contributed by atoms with Crippen molar-refractivity contribution in [1.82, 2.24) is 0 Å². The fourth-order valence-corrected chi connectivity index (χ4v) is 2.38. The Kier molecular flexibility index (Phi) is 4.25. The normalized spacial score (nSPS) is 12.5. The Hall–Kier alpha value is -2.86. The number of carboxylic acids is 1. The van der Waals surface area contributed by atoms with E-state index in [9.17, 15) is 14.7 Å². The maximum atomic E-state index is 11.9. The molecule has 1 aliphatic rings. The second-order valence-electron chi connectivity index (χ2n) is 5.15. The minimum absolute atomic E-state index is 0.0194. The molecule has 0 fully saturated rings. The minimum atomic E-state index is -1.11. The zero-order valence-electron chi connectivity index (χ0n) is 12.2. The number of carbonyl (C=O) groups is 2. The molecule has 2 N–H and O–H groups in total. The smallest absolute Gasteiger partial charge is 0.411 e. The Morgan fingerprint density at radius 3 is 2.52 bits per heavy atom. The summed E-state index contributed by atoms with van der Waals surface area (Å²) in [5, 5.41) is 11.8. The van der Waals surface area contributed by atoms with Gasteiger partial charge in [0, 0.05) is 0 Å². The summed E-state index contributed by atoms with van der Waals surface area (Å²) in [5.41, 5.74) is 2.77. The van der Waals surface area contributed by atoms with Crippen LogP contribution in [0.2, 0.25) is 0 Å². The van der Waals surface area contributed by atoms with Crippen LogP contribution >= 0.6 is 0 Å². The van der Waals surface area contributed by atoms with Gasteiger partial charge in [-0.15, -0.1) is 0 Å². The predicted octanol–water partition coefficient (Wildman–Crippen LogP) is 3.16. The molecule has 23 heavy (non-hydrogen) atoms. The third-order valence-corrected chi connectivity index (χ3v) is 3.53. The highest BCUT2D eigenvalue weighted by atomic mass is 16.5. The Balaban J connectivity index is 1.71. The van der Waals surface area contributed by atoms with Gasteiger partial charge in [0.25, 0.3) is 0 Å². The van der Waals surface area contributed by atoms with Crippen molar-refractivity contribution in [1.29, 1.82) is 0 Å². The first-order valence-electron chi connectivity index (χ1n) is 7.08. The van der Waals surface area contributed by atoms with Crippen LogP contribution in [0.5, 0.6) is 0 Å². The predicted molar refractivity (Wildman–Crippen MR) is 82.1 cm³/mol. The molecule has 6 heteroatoms. The molecule has 0 unspecified atom stereocenters. The number of carbonyl (C=O) groups excluding carboxylic acids is 1. The Labute approximate surface area is 132 Å². The van der Waals surface area contributed by atoms with Crippen LogP contribution in [0.3, 0.4) is 0 Å². The molecule has 118 valence electrons. The molecule has 2 aromatic rings. The van der Waals surface area contributed by atoms with E-state index >= 15 is 0 Å².